The van der Waals surface area contributed by atoms with Crippen molar-refractivity contribution in [2.24, 2.45) is 0 Å². The lowest BCUT2D eigenvalue weighted by Gasteiger charge is -2.18. The Morgan fingerprint density at radius 2 is 1.83 bits per heavy atom. The minimum absolute atomic E-state index is 0.111. The van der Waals surface area contributed by atoms with Gasteiger partial charge in [0, 0.05) is 5.56 Å². The van der Waals surface area contributed by atoms with Crippen LogP contribution < -0.4 is 9.47 Å². The zero-order valence-electron chi connectivity index (χ0n) is 16.7. The Bertz CT molecular complexity index is 889. The first kappa shape index (κ1) is 20.7. The van der Waals surface area contributed by atoms with Crippen molar-refractivity contribution in [2.45, 2.75) is 44.1 Å². The summed E-state index contributed by atoms with van der Waals surface area (Å²) in [5, 5.41) is 0. The quantitative estimate of drug-likeness (QED) is 0.517. The predicted octanol–water partition coefficient (Wildman–Crippen LogP) is 4.85. The van der Waals surface area contributed by atoms with Crippen LogP contribution in [0.5, 0.6) is 11.5 Å². The van der Waals surface area contributed by atoms with Crippen molar-refractivity contribution in [3.05, 3.63) is 59.4 Å². The van der Waals surface area contributed by atoms with Gasteiger partial charge in [0.2, 0.25) is 0 Å². The summed E-state index contributed by atoms with van der Waals surface area (Å²) in [5.74, 6) is 6.42. The molecule has 1 fully saturated rings. The molecule has 1 atom stereocenters. The van der Waals surface area contributed by atoms with Gasteiger partial charge in [-0.1, -0.05) is 17.9 Å². The molecule has 3 rings (SSSR count). The van der Waals surface area contributed by atoms with E-state index in [1.54, 1.807) is 19.2 Å². The molecule has 2 aromatic rings. The average molecular weight is 396 g/mol. The largest absolute Gasteiger partial charge is 0.493 e. The lowest BCUT2D eigenvalue weighted by Crippen LogP contribution is -2.12. The van der Waals surface area contributed by atoms with Gasteiger partial charge in [0.25, 0.3) is 0 Å². The van der Waals surface area contributed by atoms with E-state index in [1.807, 2.05) is 18.2 Å². The topological polar surface area (TPSA) is 44.8 Å². The number of ether oxygens (including phenoxy) is 3. The number of hydrogen-bond donors (Lipinski definition) is 0. The van der Waals surface area contributed by atoms with E-state index in [2.05, 4.69) is 11.8 Å². The smallest absolute Gasteiger partial charge is 0.307 e. The number of methoxy groups -OCH3 is 2. The Morgan fingerprint density at radius 3 is 2.48 bits per heavy atom. The first-order valence-corrected chi connectivity index (χ1v) is 9.77. The fraction of sp³-hybridized carbons (Fsp3) is 0.375. The molecule has 1 aliphatic carbocycles. The summed E-state index contributed by atoms with van der Waals surface area (Å²) in [6.07, 6.45) is 4.69. The van der Waals surface area contributed by atoms with Crippen molar-refractivity contribution in [3.63, 3.8) is 0 Å². The van der Waals surface area contributed by atoms with E-state index in [0.29, 0.717) is 17.1 Å². The highest BCUT2D eigenvalue weighted by molar-refractivity contribution is 5.71. The third kappa shape index (κ3) is 5.74. The Balaban J connectivity index is 1.89. The third-order valence-electron chi connectivity index (χ3n) is 5.02. The molecule has 1 aliphatic rings. The van der Waals surface area contributed by atoms with Crippen molar-refractivity contribution < 1.29 is 23.4 Å². The van der Waals surface area contributed by atoms with Crippen LogP contribution in [0, 0.1) is 17.7 Å². The van der Waals surface area contributed by atoms with Gasteiger partial charge in [0.15, 0.2) is 11.5 Å². The van der Waals surface area contributed by atoms with Gasteiger partial charge in [-0.15, -0.1) is 0 Å². The summed E-state index contributed by atoms with van der Waals surface area (Å²) < 4.78 is 29.6. The summed E-state index contributed by atoms with van der Waals surface area (Å²) in [6.45, 7) is 0. The van der Waals surface area contributed by atoms with E-state index in [9.17, 15) is 9.18 Å². The monoisotopic (exact) mass is 396 g/mol. The van der Waals surface area contributed by atoms with Crippen LogP contribution in [0.1, 0.15) is 49.1 Å². The molecular weight excluding hydrogens is 371 g/mol. The van der Waals surface area contributed by atoms with Crippen molar-refractivity contribution in [2.75, 3.05) is 14.2 Å². The lowest BCUT2D eigenvalue weighted by atomic mass is 9.95. The van der Waals surface area contributed by atoms with Crippen LogP contribution in [-0.4, -0.2) is 26.3 Å². The number of carbonyl (C=O) groups is 1. The zero-order chi connectivity index (χ0) is 20.6. The van der Waals surface area contributed by atoms with Gasteiger partial charge < -0.3 is 14.2 Å². The van der Waals surface area contributed by atoms with Gasteiger partial charge in [0.1, 0.15) is 5.82 Å². The summed E-state index contributed by atoms with van der Waals surface area (Å²) in [5.41, 5.74) is 1.52. The number of esters is 1. The Morgan fingerprint density at radius 1 is 1.10 bits per heavy atom. The van der Waals surface area contributed by atoms with Crippen LogP contribution in [0.2, 0.25) is 0 Å². The highest BCUT2D eigenvalue weighted by Crippen LogP contribution is 2.35. The molecule has 152 valence electrons. The highest BCUT2D eigenvalue weighted by Gasteiger charge is 2.21. The van der Waals surface area contributed by atoms with Crippen LogP contribution in [0.3, 0.4) is 0 Å². The Labute approximate surface area is 171 Å². The summed E-state index contributed by atoms with van der Waals surface area (Å²) in [6, 6.07) is 11.6. The molecule has 0 aliphatic heterocycles. The maximum atomic E-state index is 13.1. The molecule has 5 heteroatoms. The van der Waals surface area contributed by atoms with Gasteiger partial charge >= 0.3 is 5.97 Å². The minimum Gasteiger partial charge on any atom is -0.493 e. The molecule has 1 saturated carbocycles. The molecule has 0 saturated heterocycles. The molecule has 0 bridgehead atoms. The SMILES string of the molecule is COC(=O)CC(C#Cc1ccc(F)cc1)c1ccc(OC)c(OC2CCCC2)c1. The zero-order valence-corrected chi connectivity index (χ0v) is 16.7. The van der Waals surface area contributed by atoms with Gasteiger partial charge in [-0.05, 0) is 67.6 Å². The standard InChI is InChI=1S/C24H25FO4/c1-27-22-14-11-18(15-23(22)29-21-5-3-4-6-21)19(16-24(26)28-2)10-7-17-8-12-20(25)13-9-17/h8-9,11-15,19,21H,3-6,16H2,1-2H3. The molecule has 29 heavy (non-hydrogen) atoms. The molecule has 0 N–H and O–H groups in total. The molecular formula is C24H25FO4. The number of benzene rings is 2. The van der Waals surface area contributed by atoms with Crippen LogP contribution in [0.15, 0.2) is 42.5 Å². The van der Waals surface area contributed by atoms with Crippen molar-refractivity contribution in [1.82, 2.24) is 0 Å². The van der Waals surface area contributed by atoms with Crippen molar-refractivity contribution in [1.29, 1.82) is 0 Å². The van der Waals surface area contributed by atoms with Crippen molar-refractivity contribution in [3.8, 4) is 23.3 Å². The maximum Gasteiger partial charge on any atom is 0.307 e. The number of carbonyl (C=O) groups excluding carboxylic acids is 1. The Kier molecular flexibility index (Phi) is 7.13. The van der Waals surface area contributed by atoms with Gasteiger partial charge in [-0.3, -0.25) is 4.79 Å². The van der Waals surface area contributed by atoms with E-state index in [1.165, 1.54) is 32.1 Å². The number of hydrogen-bond acceptors (Lipinski definition) is 4. The van der Waals surface area contributed by atoms with E-state index in [4.69, 9.17) is 14.2 Å². The van der Waals surface area contributed by atoms with E-state index >= 15 is 0 Å². The molecule has 0 amide bonds. The molecule has 0 aromatic heterocycles. The fourth-order valence-electron chi connectivity index (χ4n) is 3.39. The summed E-state index contributed by atoms with van der Waals surface area (Å²) in [4.78, 5) is 11.9. The fourth-order valence-corrected chi connectivity index (χ4v) is 3.39. The number of rotatable bonds is 6. The Hall–Kier alpha value is -3.00. The van der Waals surface area contributed by atoms with E-state index in [0.717, 1.165) is 18.4 Å². The first-order valence-electron chi connectivity index (χ1n) is 9.77. The molecule has 0 heterocycles. The average Bonchev–Trinajstić information content (AvgIpc) is 3.25. The van der Waals surface area contributed by atoms with Crippen molar-refractivity contribution >= 4 is 5.97 Å². The summed E-state index contributed by atoms with van der Waals surface area (Å²) >= 11 is 0. The minimum atomic E-state index is -0.385. The highest BCUT2D eigenvalue weighted by atomic mass is 19.1. The lowest BCUT2D eigenvalue weighted by molar-refractivity contribution is -0.140. The first-order chi connectivity index (χ1) is 14.1. The second kappa shape index (κ2) is 9.97. The maximum absolute atomic E-state index is 13.1. The number of halogens is 1. The molecule has 1 unspecified atom stereocenters. The predicted molar refractivity (Wildman–Crippen MR) is 109 cm³/mol. The van der Waals surface area contributed by atoms with Crippen LogP contribution in [0.25, 0.3) is 0 Å². The van der Waals surface area contributed by atoms with Crippen LogP contribution >= 0.6 is 0 Å². The molecule has 2 aromatic carbocycles. The second-order valence-electron chi connectivity index (χ2n) is 7.04. The molecule has 0 spiro atoms. The summed E-state index contributed by atoms with van der Waals surface area (Å²) in [7, 11) is 2.96. The van der Waals surface area contributed by atoms with Gasteiger partial charge in [0.05, 0.1) is 32.7 Å². The van der Waals surface area contributed by atoms with E-state index in [-0.39, 0.29) is 30.2 Å². The van der Waals surface area contributed by atoms with Gasteiger partial charge in [-0.2, -0.15) is 0 Å². The van der Waals surface area contributed by atoms with E-state index < -0.39 is 0 Å². The second-order valence-corrected chi connectivity index (χ2v) is 7.04. The molecule has 4 nitrogen and oxygen atoms in total. The molecule has 0 radical (unpaired) electrons. The van der Waals surface area contributed by atoms with Crippen LogP contribution in [0.4, 0.5) is 4.39 Å². The third-order valence-corrected chi connectivity index (χ3v) is 5.02. The van der Waals surface area contributed by atoms with Gasteiger partial charge in [-0.25, -0.2) is 4.39 Å². The van der Waals surface area contributed by atoms with Crippen LogP contribution in [-0.2, 0) is 9.53 Å². The normalized spacial score (nSPS) is 14.6.